The summed E-state index contributed by atoms with van der Waals surface area (Å²) in [7, 11) is 0. The zero-order valence-corrected chi connectivity index (χ0v) is 9.86. The maximum Gasteiger partial charge on any atom is 0.143 e. The van der Waals surface area contributed by atoms with Crippen molar-refractivity contribution in [1.29, 1.82) is 0 Å². The van der Waals surface area contributed by atoms with Gasteiger partial charge in [0.1, 0.15) is 5.82 Å². The molecule has 1 aliphatic heterocycles. The second-order valence-electron chi connectivity index (χ2n) is 4.48. The van der Waals surface area contributed by atoms with Crippen LogP contribution < -0.4 is 4.90 Å². The molecule has 0 radical (unpaired) electrons. The summed E-state index contributed by atoms with van der Waals surface area (Å²) in [6.07, 6.45) is 2.97. The number of hydrogen-bond acceptors (Lipinski definition) is 3. The third-order valence-electron chi connectivity index (χ3n) is 3.10. The summed E-state index contributed by atoms with van der Waals surface area (Å²) in [6, 6.07) is 2.14. The van der Waals surface area contributed by atoms with E-state index in [0.29, 0.717) is 6.04 Å². The zero-order chi connectivity index (χ0) is 11.5. The molecule has 0 aromatic carbocycles. The van der Waals surface area contributed by atoms with Gasteiger partial charge < -0.3 is 4.90 Å². The molecule has 0 unspecified atom stereocenters. The minimum Gasteiger partial charge on any atom is -0.368 e. The van der Waals surface area contributed by atoms with Crippen molar-refractivity contribution in [3.8, 4) is 0 Å². The van der Waals surface area contributed by atoms with E-state index in [1.165, 1.54) is 6.20 Å². The number of anilines is 1. The molecule has 0 saturated carbocycles. The third-order valence-corrected chi connectivity index (χ3v) is 3.10. The van der Waals surface area contributed by atoms with E-state index < -0.39 is 0 Å². The molecule has 4 heteroatoms. The highest BCUT2D eigenvalue weighted by Gasteiger charge is 2.19. The van der Waals surface area contributed by atoms with Crippen LogP contribution in [-0.2, 0) is 0 Å². The Morgan fingerprint density at radius 3 is 2.44 bits per heavy atom. The maximum absolute atomic E-state index is 13.0. The van der Waals surface area contributed by atoms with Crippen LogP contribution in [0.2, 0.25) is 0 Å². The molecule has 0 amide bonds. The second kappa shape index (κ2) is 4.78. The molecule has 0 aliphatic carbocycles. The number of hydrogen-bond donors (Lipinski definition) is 0. The van der Waals surface area contributed by atoms with Crippen molar-refractivity contribution in [2.24, 2.45) is 0 Å². The molecule has 0 atom stereocenters. The predicted octanol–water partition coefficient (Wildman–Crippen LogP) is 1.75. The van der Waals surface area contributed by atoms with E-state index in [-0.39, 0.29) is 5.82 Å². The van der Waals surface area contributed by atoms with Crippen LogP contribution in [-0.4, -0.2) is 42.1 Å². The van der Waals surface area contributed by atoms with Crippen LogP contribution in [0.1, 0.15) is 13.8 Å². The van der Waals surface area contributed by atoms with Gasteiger partial charge in [0.15, 0.2) is 0 Å². The summed E-state index contributed by atoms with van der Waals surface area (Å²) in [5.41, 5.74) is 0.892. The Morgan fingerprint density at radius 1 is 1.19 bits per heavy atom. The van der Waals surface area contributed by atoms with Crippen molar-refractivity contribution >= 4 is 5.69 Å². The number of halogens is 1. The van der Waals surface area contributed by atoms with Crippen LogP contribution in [0.5, 0.6) is 0 Å². The normalized spacial score (nSPS) is 18.1. The minimum atomic E-state index is -0.260. The summed E-state index contributed by atoms with van der Waals surface area (Å²) in [4.78, 5) is 8.51. The highest BCUT2D eigenvalue weighted by Crippen LogP contribution is 2.16. The van der Waals surface area contributed by atoms with E-state index in [0.717, 1.165) is 31.9 Å². The fourth-order valence-electron chi connectivity index (χ4n) is 2.07. The van der Waals surface area contributed by atoms with Gasteiger partial charge in [-0.05, 0) is 13.8 Å². The van der Waals surface area contributed by atoms with Gasteiger partial charge in [0.25, 0.3) is 0 Å². The first-order valence-electron chi connectivity index (χ1n) is 5.76. The number of rotatable bonds is 2. The number of piperazine rings is 1. The van der Waals surface area contributed by atoms with Crippen LogP contribution in [0.3, 0.4) is 0 Å². The van der Waals surface area contributed by atoms with Crippen molar-refractivity contribution < 1.29 is 4.39 Å². The van der Waals surface area contributed by atoms with Gasteiger partial charge in [0.2, 0.25) is 0 Å². The van der Waals surface area contributed by atoms with E-state index in [4.69, 9.17) is 0 Å². The summed E-state index contributed by atoms with van der Waals surface area (Å²) in [6.45, 7) is 8.38. The molecule has 2 heterocycles. The molecule has 2 rings (SSSR count). The number of aromatic nitrogens is 1. The van der Waals surface area contributed by atoms with Gasteiger partial charge in [-0.15, -0.1) is 0 Å². The van der Waals surface area contributed by atoms with E-state index in [1.54, 1.807) is 12.3 Å². The van der Waals surface area contributed by atoms with Gasteiger partial charge in [-0.2, -0.15) is 0 Å². The lowest BCUT2D eigenvalue weighted by Gasteiger charge is -2.37. The molecule has 0 N–H and O–H groups in total. The first-order chi connectivity index (χ1) is 7.66. The van der Waals surface area contributed by atoms with Crippen molar-refractivity contribution in [3.05, 3.63) is 24.3 Å². The summed E-state index contributed by atoms with van der Waals surface area (Å²) >= 11 is 0. The SMILES string of the molecule is CC(C)N1CCN(c2cncc(F)c2)CC1. The van der Waals surface area contributed by atoms with Crippen molar-refractivity contribution in [2.45, 2.75) is 19.9 Å². The molecule has 1 aliphatic rings. The molecule has 88 valence electrons. The van der Waals surface area contributed by atoms with E-state index >= 15 is 0 Å². The van der Waals surface area contributed by atoms with Crippen LogP contribution >= 0.6 is 0 Å². The molecule has 1 aromatic rings. The molecule has 1 saturated heterocycles. The molecule has 16 heavy (non-hydrogen) atoms. The standard InChI is InChI=1S/C12H18FN3/c1-10(2)15-3-5-16(6-4-15)12-7-11(13)8-14-9-12/h7-10H,3-6H2,1-2H3. The lowest BCUT2D eigenvalue weighted by Crippen LogP contribution is -2.48. The lowest BCUT2D eigenvalue weighted by atomic mass is 10.2. The highest BCUT2D eigenvalue weighted by atomic mass is 19.1. The Kier molecular flexibility index (Phi) is 3.39. The van der Waals surface area contributed by atoms with Crippen LogP contribution in [0.15, 0.2) is 18.5 Å². The second-order valence-corrected chi connectivity index (χ2v) is 4.48. The van der Waals surface area contributed by atoms with Gasteiger partial charge >= 0.3 is 0 Å². The van der Waals surface area contributed by atoms with Crippen molar-refractivity contribution in [3.63, 3.8) is 0 Å². The van der Waals surface area contributed by atoms with Crippen LogP contribution in [0.25, 0.3) is 0 Å². The Balaban J connectivity index is 1.99. The highest BCUT2D eigenvalue weighted by molar-refractivity contribution is 5.44. The largest absolute Gasteiger partial charge is 0.368 e. The Bertz CT molecular complexity index is 346. The Morgan fingerprint density at radius 2 is 1.88 bits per heavy atom. The van der Waals surface area contributed by atoms with E-state index in [1.807, 2.05) is 0 Å². The summed E-state index contributed by atoms with van der Waals surface area (Å²) < 4.78 is 13.0. The van der Waals surface area contributed by atoms with Gasteiger partial charge in [0, 0.05) is 38.3 Å². The third kappa shape index (κ3) is 2.50. The van der Waals surface area contributed by atoms with Crippen molar-refractivity contribution in [1.82, 2.24) is 9.88 Å². The van der Waals surface area contributed by atoms with Crippen LogP contribution in [0, 0.1) is 5.82 Å². The average molecular weight is 223 g/mol. The zero-order valence-electron chi connectivity index (χ0n) is 9.86. The molecule has 0 spiro atoms. The monoisotopic (exact) mass is 223 g/mol. The number of nitrogens with zero attached hydrogens (tertiary/aromatic N) is 3. The molecule has 3 nitrogen and oxygen atoms in total. The molecule has 0 bridgehead atoms. The van der Waals surface area contributed by atoms with Gasteiger partial charge in [-0.1, -0.05) is 0 Å². The van der Waals surface area contributed by atoms with Gasteiger partial charge in [-0.3, -0.25) is 9.88 Å². The van der Waals surface area contributed by atoms with Crippen LogP contribution in [0.4, 0.5) is 10.1 Å². The lowest BCUT2D eigenvalue weighted by molar-refractivity contribution is 0.209. The van der Waals surface area contributed by atoms with E-state index in [2.05, 4.69) is 28.6 Å². The van der Waals surface area contributed by atoms with E-state index in [9.17, 15) is 4.39 Å². The van der Waals surface area contributed by atoms with Gasteiger partial charge in [0.05, 0.1) is 18.1 Å². The summed E-state index contributed by atoms with van der Waals surface area (Å²) in [5.74, 6) is -0.260. The maximum atomic E-state index is 13.0. The quantitative estimate of drug-likeness (QED) is 0.761. The first kappa shape index (κ1) is 11.3. The molecular weight excluding hydrogens is 205 g/mol. The molecular formula is C12H18FN3. The minimum absolute atomic E-state index is 0.260. The Labute approximate surface area is 95.9 Å². The topological polar surface area (TPSA) is 19.4 Å². The first-order valence-corrected chi connectivity index (χ1v) is 5.76. The predicted molar refractivity (Wildman–Crippen MR) is 63.1 cm³/mol. The number of pyridine rings is 1. The fourth-order valence-corrected chi connectivity index (χ4v) is 2.07. The molecule has 1 aromatic heterocycles. The average Bonchev–Trinajstić information content (AvgIpc) is 2.29. The van der Waals surface area contributed by atoms with Crippen molar-refractivity contribution in [2.75, 3.05) is 31.1 Å². The fraction of sp³-hybridized carbons (Fsp3) is 0.583. The molecule has 1 fully saturated rings. The van der Waals surface area contributed by atoms with Gasteiger partial charge in [-0.25, -0.2) is 4.39 Å². The Hall–Kier alpha value is -1.16. The smallest absolute Gasteiger partial charge is 0.143 e. The summed E-state index contributed by atoms with van der Waals surface area (Å²) in [5, 5.41) is 0.